The lowest BCUT2D eigenvalue weighted by atomic mass is 10.0. The van der Waals surface area contributed by atoms with Crippen LogP contribution in [0.2, 0.25) is 0 Å². The van der Waals surface area contributed by atoms with E-state index < -0.39 is 0 Å². The predicted octanol–water partition coefficient (Wildman–Crippen LogP) is 2.39. The third-order valence-electron chi connectivity index (χ3n) is 1.76. The van der Waals surface area contributed by atoms with Gasteiger partial charge in [-0.05, 0) is 18.4 Å². The second kappa shape index (κ2) is 2.34. The van der Waals surface area contributed by atoms with Gasteiger partial charge in [-0.25, -0.2) is 0 Å². The standard InChI is InChI=1S/C8H13N/c1-6(2)8-4-5-9-7(8)3/h5-6H,4H2,1-3H3. The van der Waals surface area contributed by atoms with E-state index in [9.17, 15) is 0 Å². The molecule has 0 saturated heterocycles. The van der Waals surface area contributed by atoms with Crippen LogP contribution in [0.25, 0.3) is 0 Å². The van der Waals surface area contributed by atoms with Gasteiger partial charge in [0.2, 0.25) is 0 Å². The van der Waals surface area contributed by atoms with E-state index in [1.807, 2.05) is 6.21 Å². The third kappa shape index (κ3) is 1.21. The summed E-state index contributed by atoms with van der Waals surface area (Å²) >= 11 is 0. The molecule has 50 valence electrons. The normalized spacial score (nSPS) is 18.2. The largest absolute Gasteiger partial charge is 0.266 e. The van der Waals surface area contributed by atoms with Crippen molar-refractivity contribution < 1.29 is 0 Å². The van der Waals surface area contributed by atoms with Crippen LogP contribution < -0.4 is 0 Å². The molecule has 1 aliphatic rings. The summed E-state index contributed by atoms with van der Waals surface area (Å²) < 4.78 is 0. The van der Waals surface area contributed by atoms with Crippen molar-refractivity contribution in [2.24, 2.45) is 10.9 Å². The summed E-state index contributed by atoms with van der Waals surface area (Å²) in [5, 5.41) is 0. The first-order valence-corrected chi connectivity index (χ1v) is 3.44. The van der Waals surface area contributed by atoms with Crippen molar-refractivity contribution in [3.8, 4) is 0 Å². The maximum Gasteiger partial charge on any atom is 0.0367 e. The first-order chi connectivity index (χ1) is 4.22. The van der Waals surface area contributed by atoms with Crippen LogP contribution in [-0.2, 0) is 0 Å². The molecule has 0 N–H and O–H groups in total. The molecule has 0 aromatic carbocycles. The Morgan fingerprint density at radius 1 is 1.56 bits per heavy atom. The summed E-state index contributed by atoms with van der Waals surface area (Å²) in [5.41, 5.74) is 2.72. The van der Waals surface area contributed by atoms with Crippen LogP contribution in [-0.4, -0.2) is 6.21 Å². The Kier molecular flexibility index (Phi) is 1.70. The number of nitrogens with zero attached hydrogens (tertiary/aromatic N) is 1. The molecule has 1 heteroatoms. The van der Waals surface area contributed by atoms with Gasteiger partial charge in [-0.1, -0.05) is 13.8 Å². The molecule has 0 radical (unpaired) electrons. The minimum atomic E-state index is 0.674. The van der Waals surface area contributed by atoms with Crippen LogP contribution in [0, 0.1) is 5.92 Å². The molecule has 1 aliphatic heterocycles. The molecule has 0 amide bonds. The average molecular weight is 123 g/mol. The first-order valence-electron chi connectivity index (χ1n) is 3.44. The van der Waals surface area contributed by atoms with Crippen LogP contribution >= 0.6 is 0 Å². The fourth-order valence-electron chi connectivity index (χ4n) is 1.17. The van der Waals surface area contributed by atoms with E-state index in [0.29, 0.717) is 5.92 Å². The van der Waals surface area contributed by atoms with E-state index in [1.165, 1.54) is 11.3 Å². The molecule has 9 heavy (non-hydrogen) atoms. The summed E-state index contributed by atoms with van der Waals surface area (Å²) in [5.74, 6) is 0.674. The van der Waals surface area contributed by atoms with Gasteiger partial charge in [-0.15, -0.1) is 0 Å². The third-order valence-corrected chi connectivity index (χ3v) is 1.76. The zero-order valence-electron chi connectivity index (χ0n) is 6.31. The summed E-state index contributed by atoms with van der Waals surface area (Å²) in [6.07, 6.45) is 3.06. The maximum absolute atomic E-state index is 4.19. The summed E-state index contributed by atoms with van der Waals surface area (Å²) in [7, 11) is 0. The van der Waals surface area contributed by atoms with Crippen LogP contribution in [0.15, 0.2) is 16.3 Å². The number of hydrogen-bond donors (Lipinski definition) is 0. The molecule has 0 aliphatic carbocycles. The molecule has 0 aromatic rings. The Bertz CT molecular complexity index is 163. The van der Waals surface area contributed by atoms with Crippen LogP contribution in [0.4, 0.5) is 0 Å². The molecule has 0 bridgehead atoms. The monoisotopic (exact) mass is 123 g/mol. The van der Waals surface area contributed by atoms with Crippen molar-refractivity contribution >= 4 is 6.21 Å². The highest BCUT2D eigenvalue weighted by molar-refractivity contribution is 5.67. The van der Waals surface area contributed by atoms with Crippen molar-refractivity contribution in [1.29, 1.82) is 0 Å². The predicted molar refractivity (Wildman–Crippen MR) is 40.6 cm³/mol. The minimum Gasteiger partial charge on any atom is -0.266 e. The minimum absolute atomic E-state index is 0.674. The van der Waals surface area contributed by atoms with Crippen molar-refractivity contribution in [2.45, 2.75) is 27.2 Å². The zero-order valence-corrected chi connectivity index (χ0v) is 6.31. The average Bonchev–Trinajstić information content (AvgIpc) is 2.13. The number of hydrogen-bond acceptors (Lipinski definition) is 1. The van der Waals surface area contributed by atoms with E-state index in [1.54, 1.807) is 0 Å². The quantitative estimate of drug-likeness (QED) is 0.507. The van der Waals surface area contributed by atoms with Gasteiger partial charge in [0.15, 0.2) is 0 Å². The van der Waals surface area contributed by atoms with Crippen molar-refractivity contribution in [3.05, 3.63) is 11.3 Å². The van der Waals surface area contributed by atoms with E-state index >= 15 is 0 Å². The molecule has 0 atom stereocenters. The van der Waals surface area contributed by atoms with Gasteiger partial charge in [-0.2, -0.15) is 0 Å². The van der Waals surface area contributed by atoms with Gasteiger partial charge in [-0.3, -0.25) is 4.99 Å². The van der Waals surface area contributed by atoms with E-state index in [2.05, 4.69) is 25.8 Å². The number of aliphatic imine (C=N–C) groups is 1. The van der Waals surface area contributed by atoms with Gasteiger partial charge in [0.05, 0.1) is 0 Å². The smallest absolute Gasteiger partial charge is 0.0367 e. The van der Waals surface area contributed by atoms with Crippen LogP contribution in [0.3, 0.4) is 0 Å². The van der Waals surface area contributed by atoms with Crippen LogP contribution in [0.1, 0.15) is 27.2 Å². The van der Waals surface area contributed by atoms with Gasteiger partial charge in [0, 0.05) is 18.3 Å². The highest BCUT2D eigenvalue weighted by atomic mass is 14.7. The Morgan fingerprint density at radius 2 is 2.22 bits per heavy atom. The Labute approximate surface area is 56.5 Å². The molecule has 0 spiro atoms. The van der Waals surface area contributed by atoms with E-state index in [0.717, 1.165) is 6.42 Å². The summed E-state index contributed by atoms with van der Waals surface area (Å²) in [6.45, 7) is 6.51. The second-order valence-corrected chi connectivity index (χ2v) is 2.78. The van der Waals surface area contributed by atoms with Crippen LogP contribution in [0.5, 0.6) is 0 Å². The number of rotatable bonds is 1. The molecule has 0 aromatic heterocycles. The highest BCUT2D eigenvalue weighted by Crippen LogP contribution is 2.22. The van der Waals surface area contributed by atoms with E-state index in [4.69, 9.17) is 0 Å². The lowest BCUT2D eigenvalue weighted by Crippen LogP contribution is -1.92. The highest BCUT2D eigenvalue weighted by Gasteiger charge is 2.08. The fraction of sp³-hybridized carbons (Fsp3) is 0.625. The van der Waals surface area contributed by atoms with Gasteiger partial charge in [0.25, 0.3) is 0 Å². The topological polar surface area (TPSA) is 12.4 Å². The fourth-order valence-corrected chi connectivity index (χ4v) is 1.17. The summed E-state index contributed by atoms with van der Waals surface area (Å²) in [4.78, 5) is 4.19. The van der Waals surface area contributed by atoms with Gasteiger partial charge >= 0.3 is 0 Å². The Morgan fingerprint density at radius 3 is 2.44 bits per heavy atom. The van der Waals surface area contributed by atoms with Crippen molar-refractivity contribution in [3.63, 3.8) is 0 Å². The molecule has 1 heterocycles. The van der Waals surface area contributed by atoms with E-state index in [-0.39, 0.29) is 0 Å². The number of allylic oxidation sites excluding steroid dienone is 2. The van der Waals surface area contributed by atoms with Gasteiger partial charge in [0.1, 0.15) is 0 Å². The molecular weight excluding hydrogens is 110 g/mol. The van der Waals surface area contributed by atoms with Gasteiger partial charge < -0.3 is 0 Å². The molecule has 1 nitrogen and oxygen atoms in total. The second-order valence-electron chi connectivity index (χ2n) is 2.78. The molecule has 1 rings (SSSR count). The SMILES string of the molecule is CC1=C(C(C)C)CC=N1. The lowest BCUT2D eigenvalue weighted by Gasteiger charge is -2.04. The lowest BCUT2D eigenvalue weighted by molar-refractivity contribution is 0.750. The molecular formula is C8H13N. The molecule has 0 saturated carbocycles. The van der Waals surface area contributed by atoms with Crippen molar-refractivity contribution in [2.75, 3.05) is 0 Å². The molecule has 0 unspecified atom stereocenters. The Hall–Kier alpha value is -0.590. The Balaban J connectivity index is 2.73. The molecule has 0 fully saturated rings. The van der Waals surface area contributed by atoms with Crippen molar-refractivity contribution in [1.82, 2.24) is 0 Å². The maximum atomic E-state index is 4.19. The summed E-state index contributed by atoms with van der Waals surface area (Å²) in [6, 6.07) is 0. The first kappa shape index (κ1) is 6.53. The zero-order chi connectivity index (χ0) is 6.85.